The van der Waals surface area contributed by atoms with Gasteiger partial charge in [0.25, 0.3) is 5.91 Å². The van der Waals surface area contributed by atoms with Crippen LogP contribution in [0.2, 0.25) is 0 Å². The monoisotopic (exact) mass is 296 g/mol. The lowest BCUT2D eigenvalue weighted by Gasteiger charge is -2.12. The summed E-state index contributed by atoms with van der Waals surface area (Å²) < 4.78 is 27.1. The molecule has 2 aromatic rings. The van der Waals surface area contributed by atoms with E-state index in [4.69, 9.17) is 0 Å². The van der Waals surface area contributed by atoms with E-state index in [1.165, 1.54) is 12.4 Å². The van der Waals surface area contributed by atoms with Crippen LogP contribution in [0.1, 0.15) is 28.9 Å². The van der Waals surface area contributed by atoms with Crippen molar-refractivity contribution in [2.24, 2.45) is 0 Å². The average molecular weight is 296 g/mol. The third-order valence-corrected chi connectivity index (χ3v) is 2.83. The summed E-state index contributed by atoms with van der Waals surface area (Å²) in [6.45, 7) is 1.61. The fourth-order valence-corrected chi connectivity index (χ4v) is 1.73. The molecule has 0 aliphatic heterocycles. The molecule has 0 radical (unpaired) electrons. The van der Waals surface area contributed by atoms with E-state index >= 15 is 0 Å². The Morgan fingerprint density at radius 2 is 2.19 bits per heavy atom. The molecule has 1 unspecified atom stereocenters. The van der Waals surface area contributed by atoms with Gasteiger partial charge in [-0.2, -0.15) is 9.49 Å². The molecule has 1 aromatic carbocycles. The first-order chi connectivity index (χ1) is 9.90. The zero-order chi connectivity index (χ0) is 15.6. The number of rotatable bonds is 4. The number of hydrogen-bond donors (Lipinski definition) is 2. The van der Waals surface area contributed by atoms with Gasteiger partial charge in [-0.15, -0.1) is 0 Å². The van der Waals surface area contributed by atoms with Gasteiger partial charge >= 0.3 is 5.69 Å². The zero-order valence-electron chi connectivity index (χ0n) is 10.8. The third-order valence-electron chi connectivity index (χ3n) is 2.83. The minimum Gasteiger partial charge on any atom is -0.345 e. The van der Waals surface area contributed by atoms with E-state index < -0.39 is 39.8 Å². The molecule has 21 heavy (non-hydrogen) atoms. The molecular weight excluding hydrogens is 286 g/mol. The number of nitrogens with one attached hydrogen (secondary N) is 2. The lowest BCUT2D eigenvalue weighted by molar-refractivity contribution is -0.387. The topological polar surface area (TPSA) is 101 Å². The van der Waals surface area contributed by atoms with Crippen molar-refractivity contribution in [3.05, 3.63) is 57.4 Å². The summed E-state index contributed by atoms with van der Waals surface area (Å²) in [5.41, 5.74) is -1.19. The molecule has 0 saturated carbocycles. The molecule has 9 heteroatoms. The fourth-order valence-electron chi connectivity index (χ4n) is 1.73. The van der Waals surface area contributed by atoms with Crippen LogP contribution in [0.4, 0.5) is 14.5 Å². The van der Waals surface area contributed by atoms with Crippen LogP contribution in [0.25, 0.3) is 0 Å². The number of H-pyrrole nitrogens is 1. The Hall–Kier alpha value is -2.84. The SMILES string of the molecule is CC(NC(=O)c1cc(F)cc([N+](=O)[O-])c1F)c1cn[nH]c1. The van der Waals surface area contributed by atoms with Crippen molar-refractivity contribution in [3.8, 4) is 0 Å². The smallest absolute Gasteiger partial charge is 0.308 e. The van der Waals surface area contributed by atoms with Gasteiger partial charge in [0.2, 0.25) is 5.82 Å². The Bertz CT molecular complexity index is 688. The quantitative estimate of drug-likeness (QED) is 0.666. The van der Waals surface area contributed by atoms with Gasteiger partial charge in [-0.05, 0) is 13.0 Å². The number of carbonyl (C=O) groups excluding carboxylic acids is 1. The highest BCUT2D eigenvalue weighted by Gasteiger charge is 2.25. The van der Waals surface area contributed by atoms with Crippen molar-refractivity contribution in [2.75, 3.05) is 0 Å². The minimum absolute atomic E-state index is 0.422. The molecule has 2 rings (SSSR count). The third kappa shape index (κ3) is 3.02. The number of carbonyl (C=O) groups is 1. The molecular formula is C12H10F2N4O3. The molecule has 0 fully saturated rings. The summed E-state index contributed by atoms with van der Waals surface area (Å²) in [6, 6.07) is 0.503. The molecule has 0 aliphatic carbocycles. The highest BCUT2D eigenvalue weighted by Crippen LogP contribution is 2.23. The van der Waals surface area contributed by atoms with Crippen molar-refractivity contribution in [2.45, 2.75) is 13.0 Å². The van der Waals surface area contributed by atoms with E-state index in [1.54, 1.807) is 6.92 Å². The normalized spacial score (nSPS) is 12.0. The van der Waals surface area contributed by atoms with Crippen LogP contribution in [-0.4, -0.2) is 21.0 Å². The highest BCUT2D eigenvalue weighted by atomic mass is 19.1. The molecule has 7 nitrogen and oxygen atoms in total. The van der Waals surface area contributed by atoms with E-state index in [0.29, 0.717) is 17.7 Å². The molecule has 1 aromatic heterocycles. The van der Waals surface area contributed by atoms with E-state index in [2.05, 4.69) is 15.5 Å². The molecule has 1 heterocycles. The van der Waals surface area contributed by atoms with Gasteiger partial charge in [0.15, 0.2) is 0 Å². The first-order valence-corrected chi connectivity index (χ1v) is 5.83. The van der Waals surface area contributed by atoms with Crippen molar-refractivity contribution in [1.29, 1.82) is 0 Å². The zero-order valence-corrected chi connectivity index (χ0v) is 10.8. The maximum atomic E-state index is 13.9. The molecule has 1 atom stereocenters. The van der Waals surface area contributed by atoms with E-state index in [0.717, 1.165) is 0 Å². The summed E-state index contributed by atoms with van der Waals surface area (Å²) in [5, 5.41) is 19.3. The van der Waals surface area contributed by atoms with Crippen molar-refractivity contribution in [3.63, 3.8) is 0 Å². The summed E-state index contributed by atoms with van der Waals surface area (Å²) in [4.78, 5) is 21.5. The lowest BCUT2D eigenvalue weighted by Crippen LogP contribution is -2.27. The van der Waals surface area contributed by atoms with Gasteiger partial charge in [-0.3, -0.25) is 20.0 Å². The molecule has 110 valence electrons. The maximum absolute atomic E-state index is 13.9. The first kappa shape index (κ1) is 14.6. The van der Waals surface area contributed by atoms with Crippen molar-refractivity contribution in [1.82, 2.24) is 15.5 Å². The maximum Gasteiger partial charge on any atom is 0.308 e. The van der Waals surface area contributed by atoms with E-state index in [1.807, 2.05) is 0 Å². The summed E-state index contributed by atoms with van der Waals surface area (Å²) in [6.07, 6.45) is 2.98. The molecule has 0 saturated heterocycles. The largest absolute Gasteiger partial charge is 0.345 e. The van der Waals surface area contributed by atoms with Gasteiger partial charge in [0.1, 0.15) is 5.82 Å². The van der Waals surface area contributed by atoms with E-state index in [9.17, 15) is 23.7 Å². The first-order valence-electron chi connectivity index (χ1n) is 5.83. The molecule has 0 spiro atoms. The average Bonchev–Trinajstić information content (AvgIpc) is 2.94. The fraction of sp³-hybridized carbons (Fsp3) is 0.167. The predicted molar refractivity (Wildman–Crippen MR) is 67.5 cm³/mol. The van der Waals surface area contributed by atoms with E-state index in [-0.39, 0.29) is 0 Å². The van der Waals surface area contributed by atoms with Gasteiger partial charge in [0, 0.05) is 11.8 Å². The van der Waals surface area contributed by atoms with Crippen LogP contribution >= 0.6 is 0 Å². The Morgan fingerprint density at radius 1 is 1.48 bits per heavy atom. The number of halogens is 2. The van der Waals surface area contributed by atoms with Crippen molar-refractivity contribution < 1.29 is 18.5 Å². The van der Waals surface area contributed by atoms with Crippen LogP contribution in [-0.2, 0) is 0 Å². The minimum atomic E-state index is -1.38. The van der Waals surface area contributed by atoms with Gasteiger partial charge in [0.05, 0.1) is 28.8 Å². The Morgan fingerprint density at radius 3 is 2.76 bits per heavy atom. The second-order valence-corrected chi connectivity index (χ2v) is 4.27. The Kier molecular flexibility index (Phi) is 3.92. The highest BCUT2D eigenvalue weighted by molar-refractivity contribution is 5.95. The number of nitrogens with zero attached hydrogens (tertiary/aromatic N) is 2. The summed E-state index contributed by atoms with van der Waals surface area (Å²) in [7, 11) is 0. The van der Waals surface area contributed by atoms with Crippen molar-refractivity contribution >= 4 is 11.6 Å². The second-order valence-electron chi connectivity index (χ2n) is 4.27. The predicted octanol–water partition coefficient (Wildman–Crippen LogP) is 2.09. The standard InChI is InChI=1S/C12H10F2N4O3/c1-6(7-4-15-16-5-7)17-12(19)9-2-8(13)3-10(11(9)14)18(20)21/h2-6H,1H3,(H,15,16)(H,17,19). The van der Waals surface area contributed by atoms with Crippen LogP contribution in [0, 0.1) is 21.7 Å². The number of aromatic amines is 1. The number of benzene rings is 1. The Balaban J connectivity index is 2.29. The number of hydrogen-bond acceptors (Lipinski definition) is 4. The van der Waals surface area contributed by atoms with Gasteiger partial charge < -0.3 is 5.32 Å². The molecule has 0 bridgehead atoms. The second kappa shape index (κ2) is 5.65. The number of nitro benzene ring substituents is 1. The molecule has 2 N–H and O–H groups in total. The van der Waals surface area contributed by atoms with Crippen LogP contribution in [0.3, 0.4) is 0 Å². The molecule has 0 aliphatic rings. The Labute approximate surface area is 117 Å². The lowest BCUT2D eigenvalue weighted by atomic mass is 10.1. The van der Waals surface area contributed by atoms with Crippen LogP contribution in [0.15, 0.2) is 24.5 Å². The van der Waals surface area contributed by atoms with Gasteiger partial charge in [-0.1, -0.05) is 0 Å². The summed E-state index contributed by atoms with van der Waals surface area (Å²) in [5.74, 6) is -3.40. The number of nitro groups is 1. The van der Waals surface area contributed by atoms with Crippen LogP contribution < -0.4 is 5.32 Å². The summed E-state index contributed by atoms with van der Waals surface area (Å²) >= 11 is 0. The van der Waals surface area contributed by atoms with Gasteiger partial charge in [-0.25, -0.2) is 4.39 Å². The number of aromatic nitrogens is 2. The molecule has 1 amide bonds. The number of amides is 1. The van der Waals surface area contributed by atoms with Crippen LogP contribution in [0.5, 0.6) is 0 Å².